The van der Waals surface area contributed by atoms with Crippen molar-refractivity contribution in [1.29, 1.82) is 5.26 Å². The minimum Gasteiger partial charge on any atom is -0.484 e. The first-order valence-corrected chi connectivity index (χ1v) is 9.77. The van der Waals surface area contributed by atoms with Crippen LogP contribution < -0.4 is 4.74 Å². The van der Waals surface area contributed by atoms with Crippen molar-refractivity contribution in [2.45, 2.75) is 26.3 Å². The number of benzene rings is 2. The molecule has 1 fully saturated rings. The van der Waals surface area contributed by atoms with Crippen LogP contribution in [-0.4, -0.2) is 48.5 Å². The maximum atomic E-state index is 12.4. The van der Waals surface area contributed by atoms with Crippen molar-refractivity contribution in [3.8, 4) is 11.8 Å². The van der Waals surface area contributed by atoms with E-state index in [0.29, 0.717) is 30.3 Å². The van der Waals surface area contributed by atoms with Gasteiger partial charge in [0, 0.05) is 32.7 Å². The van der Waals surface area contributed by atoms with Gasteiger partial charge in [0.2, 0.25) is 0 Å². The Morgan fingerprint density at radius 1 is 1.11 bits per heavy atom. The van der Waals surface area contributed by atoms with Gasteiger partial charge in [-0.3, -0.25) is 9.69 Å². The van der Waals surface area contributed by atoms with Gasteiger partial charge < -0.3 is 9.64 Å². The fourth-order valence-corrected chi connectivity index (χ4v) is 3.31. The van der Waals surface area contributed by atoms with E-state index in [0.717, 1.165) is 19.6 Å². The lowest BCUT2D eigenvalue weighted by molar-refractivity contribution is -0.135. The molecule has 28 heavy (non-hydrogen) atoms. The van der Waals surface area contributed by atoms with Gasteiger partial charge in [0.05, 0.1) is 11.6 Å². The van der Waals surface area contributed by atoms with Gasteiger partial charge in [0.1, 0.15) is 5.75 Å². The highest BCUT2D eigenvalue weighted by atomic mass is 16.5. The molecule has 1 aliphatic rings. The highest BCUT2D eigenvalue weighted by Gasteiger charge is 2.21. The molecule has 2 aromatic carbocycles. The summed E-state index contributed by atoms with van der Waals surface area (Å²) in [6.45, 7) is 8.48. The molecule has 0 spiro atoms. The molecule has 0 saturated carbocycles. The van der Waals surface area contributed by atoms with Crippen LogP contribution in [0.15, 0.2) is 48.5 Å². The van der Waals surface area contributed by atoms with Crippen molar-refractivity contribution < 1.29 is 9.53 Å². The molecule has 146 valence electrons. The molecule has 0 N–H and O–H groups in total. The zero-order valence-electron chi connectivity index (χ0n) is 16.6. The third-order valence-corrected chi connectivity index (χ3v) is 5.10. The highest BCUT2D eigenvalue weighted by Crippen LogP contribution is 2.17. The smallest absolute Gasteiger partial charge is 0.260 e. The van der Waals surface area contributed by atoms with Crippen LogP contribution in [0.25, 0.3) is 0 Å². The Balaban J connectivity index is 1.44. The summed E-state index contributed by atoms with van der Waals surface area (Å²) in [5, 5.41) is 8.93. The van der Waals surface area contributed by atoms with Crippen molar-refractivity contribution in [2.24, 2.45) is 0 Å². The molecule has 2 aromatic rings. The van der Waals surface area contributed by atoms with Crippen LogP contribution in [0, 0.1) is 11.3 Å². The Morgan fingerprint density at radius 3 is 2.46 bits per heavy atom. The highest BCUT2D eigenvalue weighted by molar-refractivity contribution is 5.77. The van der Waals surface area contributed by atoms with E-state index < -0.39 is 0 Å². The van der Waals surface area contributed by atoms with E-state index in [1.807, 2.05) is 4.90 Å². The Hall–Kier alpha value is -2.84. The Morgan fingerprint density at radius 2 is 1.82 bits per heavy atom. The molecule has 0 unspecified atom stereocenters. The molecular formula is C23H27N3O2. The fraction of sp³-hybridized carbons (Fsp3) is 0.391. The molecule has 1 amide bonds. The topological polar surface area (TPSA) is 56.6 Å². The quantitative estimate of drug-likeness (QED) is 0.774. The molecule has 5 nitrogen and oxygen atoms in total. The average molecular weight is 377 g/mol. The fourth-order valence-electron chi connectivity index (χ4n) is 3.31. The minimum atomic E-state index is -0.0108. The van der Waals surface area contributed by atoms with Crippen LogP contribution >= 0.6 is 0 Å². The van der Waals surface area contributed by atoms with Crippen molar-refractivity contribution >= 4 is 5.91 Å². The van der Waals surface area contributed by atoms with Gasteiger partial charge in [0.15, 0.2) is 6.61 Å². The van der Waals surface area contributed by atoms with E-state index >= 15 is 0 Å². The van der Waals surface area contributed by atoms with Crippen LogP contribution in [0.3, 0.4) is 0 Å². The van der Waals surface area contributed by atoms with Gasteiger partial charge >= 0.3 is 0 Å². The van der Waals surface area contributed by atoms with Crippen LogP contribution in [-0.2, 0) is 11.3 Å². The van der Waals surface area contributed by atoms with Crippen LogP contribution in [0.1, 0.15) is 36.5 Å². The number of nitrogens with zero attached hydrogens (tertiary/aromatic N) is 3. The van der Waals surface area contributed by atoms with Crippen molar-refractivity contribution in [2.75, 3.05) is 32.8 Å². The number of ether oxygens (including phenoxy) is 1. The maximum absolute atomic E-state index is 12.4. The lowest BCUT2D eigenvalue weighted by Gasteiger charge is -2.34. The zero-order chi connectivity index (χ0) is 19.9. The summed E-state index contributed by atoms with van der Waals surface area (Å²) in [6, 6.07) is 17.8. The number of hydrogen-bond donors (Lipinski definition) is 0. The molecule has 1 heterocycles. The first-order chi connectivity index (χ1) is 13.5. The molecule has 0 bridgehead atoms. The second-order valence-corrected chi connectivity index (χ2v) is 7.48. The molecule has 3 rings (SSSR count). The van der Waals surface area contributed by atoms with E-state index in [-0.39, 0.29) is 12.5 Å². The van der Waals surface area contributed by atoms with Gasteiger partial charge in [-0.25, -0.2) is 0 Å². The van der Waals surface area contributed by atoms with Gasteiger partial charge in [-0.1, -0.05) is 44.2 Å². The van der Waals surface area contributed by atoms with Crippen molar-refractivity contribution in [1.82, 2.24) is 9.80 Å². The Labute approximate surface area is 167 Å². The Bertz CT molecular complexity index is 832. The molecule has 1 aliphatic heterocycles. The standard InChI is InChI=1S/C23H27N3O2/c1-18(2)21-8-6-19(7-9-21)16-25-10-12-26(13-11-25)23(27)17-28-22-5-3-4-20(14-22)15-24/h3-9,14,18H,10-13,16-17H2,1-2H3. The molecule has 0 radical (unpaired) electrons. The first kappa shape index (κ1) is 19.9. The van der Waals surface area contributed by atoms with Crippen LogP contribution in [0.2, 0.25) is 0 Å². The van der Waals surface area contributed by atoms with Gasteiger partial charge in [-0.2, -0.15) is 5.26 Å². The SMILES string of the molecule is CC(C)c1ccc(CN2CCN(C(=O)COc3cccc(C#N)c3)CC2)cc1. The summed E-state index contributed by atoms with van der Waals surface area (Å²) in [6.07, 6.45) is 0. The molecule has 0 atom stereocenters. The summed E-state index contributed by atoms with van der Waals surface area (Å²) in [5.41, 5.74) is 3.20. The second-order valence-electron chi connectivity index (χ2n) is 7.48. The second kappa shape index (κ2) is 9.38. The monoisotopic (exact) mass is 377 g/mol. The number of carbonyl (C=O) groups is 1. The summed E-state index contributed by atoms with van der Waals surface area (Å²) >= 11 is 0. The molecule has 0 aromatic heterocycles. The summed E-state index contributed by atoms with van der Waals surface area (Å²) in [5.74, 6) is 1.09. The predicted octanol–water partition coefficient (Wildman–Crippen LogP) is 3.40. The van der Waals surface area contributed by atoms with Gasteiger partial charge in [-0.05, 0) is 35.2 Å². The van der Waals surface area contributed by atoms with Crippen molar-refractivity contribution in [3.05, 3.63) is 65.2 Å². The first-order valence-electron chi connectivity index (χ1n) is 9.77. The largest absolute Gasteiger partial charge is 0.484 e. The number of rotatable bonds is 6. The third kappa shape index (κ3) is 5.34. The van der Waals surface area contributed by atoms with Crippen LogP contribution in [0.4, 0.5) is 0 Å². The van der Waals surface area contributed by atoms with E-state index in [4.69, 9.17) is 10.00 Å². The van der Waals surface area contributed by atoms with E-state index in [2.05, 4.69) is 49.1 Å². The number of carbonyl (C=O) groups excluding carboxylic acids is 1. The molecule has 1 saturated heterocycles. The average Bonchev–Trinajstić information content (AvgIpc) is 2.73. The predicted molar refractivity (Wildman–Crippen MR) is 109 cm³/mol. The molecule has 0 aliphatic carbocycles. The van der Waals surface area contributed by atoms with E-state index in [9.17, 15) is 4.79 Å². The molecular weight excluding hydrogens is 350 g/mol. The van der Waals surface area contributed by atoms with Gasteiger partial charge in [-0.15, -0.1) is 0 Å². The zero-order valence-corrected chi connectivity index (χ0v) is 16.6. The lowest BCUT2D eigenvalue weighted by Crippen LogP contribution is -2.49. The number of hydrogen-bond acceptors (Lipinski definition) is 4. The Kier molecular flexibility index (Phi) is 6.67. The summed E-state index contributed by atoms with van der Waals surface area (Å²) < 4.78 is 5.56. The van der Waals surface area contributed by atoms with Gasteiger partial charge in [0.25, 0.3) is 5.91 Å². The summed E-state index contributed by atoms with van der Waals surface area (Å²) in [7, 11) is 0. The molecule has 5 heteroatoms. The van der Waals surface area contributed by atoms with Crippen molar-refractivity contribution in [3.63, 3.8) is 0 Å². The number of amides is 1. The van der Waals surface area contributed by atoms with E-state index in [1.165, 1.54) is 11.1 Å². The number of piperazine rings is 1. The maximum Gasteiger partial charge on any atom is 0.260 e. The number of nitriles is 1. The minimum absolute atomic E-state index is 0.00550. The van der Waals surface area contributed by atoms with Crippen LogP contribution in [0.5, 0.6) is 5.75 Å². The lowest BCUT2D eigenvalue weighted by atomic mass is 10.0. The van der Waals surface area contributed by atoms with E-state index in [1.54, 1.807) is 24.3 Å². The normalized spacial score (nSPS) is 14.7. The summed E-state index contributed by atoms with van der Waals surface area (Å²) in [4.78, 5) is 16.6. The third-order valence-electron chi connectivity index (χ3n) is 5.10.